The van der Waals surface area contributed by atoms with Gasteiger partial charge in [-0.1, -0.05) is 11.2 Å². The standard InChI is InChI=1S/C14H15ClF3NO/c15-7-2-8-20-19-13-4-1-3-10-9-11(14(16,17)18)5-6-12(10)13/h5-6,9H,1-4,7-8H2/b19-13+. The van der Waals surface area contributed by atoms with Crippen LogP contribution < -0.4 is 0 Å². The molecule has 0 saturated carbocycles. The van der Waals surface area contributed by atoms with E-state index >= 15 is 0 Å². The molecule has 1 aromatic rings. The maximum atomic E-state index is 12.7. The Bertz CT molecular complexity index is 500. The van der Waals surface area contributed by atoms with Gasteiger partial charge in [0.25, 0.3) is 0 Å². The van der Waals surface area contributed by atoms with Gasteiger partial charge in [-0.3, -0.25) is 0 Å². The third-order valence-electron chi connectivity index (χ3n) is 3.15. The first-order valence-corrected chi connectivity index (χ1v) is 7.01. The summed E-state index contributed by atoms with van der Waals surface area (Å²) in [5, 5.41) is 4.03. The van der Waals surface area contributed by atoms with Crippen LogP contribution in [0.2, 0.25) is 0 Å². The van der Waals surface area contributed by atoms with E-state index in [9.17, 15) is 13.2 Å². The number of halogens is 4. The Balaban J connectivity index is 2.19. The molecular formula is C14H15ClF3NO. The van der Waals surface area contributed by atoms with Gasteiger partial charge in [-0.2, -0.15) is 13.2 Å². The highest BCUT2D eigenvalue weighted by Gasteiger charge is 2.31. The molecular weight excluding hydrogens is 291 g/mol. The number of benzene rings is 1. The average molecular weight is 306 g/mol. The number of alkyl halides is 4. The van der Waals surface area contributed by atoms with Gasteiger partial charge in [0.2, 0.25) is 0 Å². The van der Waals surface area contributed by atoms with Crippen molar-refractivity contribution in [3.05, 3.63) is 34.9 Å². The highest BCUT2D eigenvalue weighted by Crippen LogP contribution is 2.32. The molecule has 0 atom stereocenters. The average Bonchev–Trinajstić information content (AvgIpc) is 2.42. The molecule has 0 radical (unpaired) electrons. The quantitative estimate of drug-likeness (QED) is 0.459. The molecule has 0 N–H and O–H groups in total. The van der Waals surface area contributed by atoms with Gasteiger partial charge >= 0.3 is 6.18 Å². The Kier molecular flexibility index (Phi) is 4.91. The second-order valence-corrected chi connectivity index (χ2v) is 5.01. The van der Waals surface area contributed by atoms with Crippen molar-refractivity contribution in [1.82, 2.24) is 0 Å². The number of hydrogen-bond acceptors (Lipinski definition) is 2. The molecule has 0 saturated heterocycles. The Labute approximate surface area is 120 Å². The molecule has 20 heavy (non-hydrogen) atoms. The van der Waals surface area contributed by atoms with E-state index in [-0.39, 0.29) is 0 Å². The molecule has 1 aliphatic rings. The normalized spacial score (nSPS) is 17.1. The van der Waals surface area contributed by atoms with Crippen molar-refractivity contribution in [3.8, 4) is 0 Å². The second kappa shape index (κ2) is 6.48. The van der Waals surface area contributed by atoms with Crippen LogP contribution in [0.5, 0.6) is 0 Å². The molecule has 0 amide bonds. The van der Waals surface area contributed by atoms with Crippen molar-refractivity contribution in [2.45, 2.75) is 31.9 Å². The van der Waals surface area contributed by atoms with Gasteiger partial charge in [-0.25, -0.2) is 0 Å². The number of aryl methyl sites for hydroxylation is 1. The van der Waals surface area contributed by atoms with Crippen LogP contribution in [0, 0.1) is 0 Å². The third-order valence-corrected chi connectivity index (χ3v) is 3.41. The molecule has 2 rings (SSSR count). The van der Waals surface area contributed by atoms with E-state index in [0.29, 0.717) is 30.9 Å². The maximum absolute atomic E-state index is 12.7. The molecule has 0 spiro atoms. The Morgan fingerprint density at radius 2 is 2.05 bits per heavy atom. The van der Waals surface area contributed by atoms with Crippen molar-refractivity contribution in [2.24, 2.45) is 5.16 Å². The van der Waals surface area contributed by atoms with E-state index in [4.69, 9.17) is 16.4 Å². The summed E-state index contributed by atoms with van der Waals surface area (Å²) in [7, 11) is 0. The number of hydrogen-bond donors (Lipinski definition) is 0. The van der Waals surface area contributed by atoms with E-state index in [1.54, 1.807) is 0 Å². The monoisotopic (exact) mass is 305 g/mol. The van der Waals surface area contributed by atoms with E-state index in [0.717, 1.165) is 30.2 Å². The summed E-state index contributed by atoms with van der Waals surface area (Å²) in [6.07, 6.45) is -1.47. The summed E-state index contributed by atoms with van der Waals surface area (Å²) in [6, 6.07) is 3.79. The van der Waals surface area contributed by atoms with E-state index in [1.807, 2.05) is 0 Å². The topological polar surface area (TPSA) is 21.6 Å². The van der Waals surface area contributed by atoms with Crippen LogP contribution in [0.4, 0.5) is 13.2 Å². The van der Waals surface area contributed by atoms with Crippen LogP contribution in [0.1, 0.15) is 36.0 Å². The minimum atomic E-state index is -4.30. The highest BCUT2D eigenvalue weighted by atomic mass is 35.5. The van der Waals surface area contributed by atoms with Crippen LogP contribution in [-0.4, -0.2) is 18.2 Å². The van der Waals surface area contributed by atoms with Crippen molar-refractivity contribution in [3.63, 3.8) is 0 Å². The first kappa shape index (κ1) is 15.2. The molecule has 0 aromatic heterocycles. The molecule has 0 bridgehead atoms. The van der Waals surface area contributed by atoms with Gasteiger partial charge < -0.3 is 4.84 Å². The van der Waals surface area contributed by atoms with Gasteiger partial charge in [0, 0.05) is 11.4 Å². The number of rotatable bonds is 4. The summed E-state index contributed by atoms with van der Waals surface area (Å²) in [5.41, 5.74) is 1.55. The van der Waals surface area contributed by atoms with E-state index in [2.05, 4.69) is 5.16 Å². The van der Waals surface area contributed by atoms with Gasteiger partial charge in [-0.15, -0.1) is 11.6 Å². The molecule has 0 fully saturated rings. The first-order chi connectivity index (χ1) is 9.52. The lowest BCUT2D eigenvalue weighted by Gasteiger charge is -2.19. The zero-order valence-electron chi connectivity index (χ0n) is 10.8. The van der Waals surface area contributed by atoms with Crippen LogP contribution in [0.3, 0.4) is 0 Å². The lowest BCUT2D eigenvalue weighted by molar-refractivity contribution is -0.137. The van der Waals surface area contributed by atoms with Gasteiger partial charge in [0.1, 0.15) is 6.61 Å². The summed E-state index contributed by atoms with van der Waals surface area (Å²) in [4.78, 5) is 5.15. The number of oxime groups is 1. The minimum absolute atomic E-state index is 0.420. The molecule has 1 aromatic carbocycles. The van der Waals surface area contributed by atoms with E-state index in [1.165, 1.54) is 12.1 Å². The van der Waals surface area contributed by atoms with Gasteiger partial charge in [0.15, 0.2) is 0 Å². The molecule has 6 heteroatoms. The van der Waals surface area contributed by atoms with Crippen LogP contribution in [0.15, 0.2) is 23.4 Å². The molecule has 0 aliphatic heterocycles. The second-order valence-electron chi connectivity index (χ2n) is 4.64. The summed E-state index contributed by atoms with van der Waals surface area (Å²) in [5.74, 6) is 0.496. The van der Waals surface area contributed by atoms with Crippen molar-refractivity contribution in [2.75, 3.05) is 12.5 Å². The lowest BCUT2D eigenvalue weighted by atomic mass is 9.89. The zero-order valence-corrected chi connectivity index (χ0v) is 11.6. The Morgan fingerprint density at radius 1 is 1.25 bits per heavy atom. The third kappa shape index (κ3) is 3.66. The van der Waals surface area contributed by atoms with Crippen LogP contribution in [0.25, 0.3) is 0 Å². The smallest absolute Gasteiger partial charge is 0.396 e. The van der Waals surface area contributed by atoms with Crippen LogP contribution >= 0.6 is 11.6 Å². The van der Waals surface area contributed by atoms with Gasteiger partial charge in [-0.05, 0) is 43.4 Å². The molecule has 110 valence electrons. The zero-order chi connectivity index (χ0) is 14.6. The molecule has 1 aliphatic carbocycles. The lowest BCUT2D eigenvalue weighted by Crippen LogP contribution is -2.15. The number of nitrogens with zero attached hydrogens (tertiary/aromatic N) is 1. The molecule has 0 heterocycles. The fourth-order valence-electron chi connectivity index (χ4n) is 2.18. The van der Waals surface area contributed by atoms with Crippen molar-refractivity contribution < 1.29 is 18.0 Å². The fourth-order valence-corrected chi connectivity index (χ4v) is 2.29. The summed E-state index contributed by atoms with van der Waals surface area (Å²) < 4.78 is 38.0. The van der Waals surface area contributed by atoms with E-state index < -0.39 is 11.7 Å². The molecule has 0 unspecified atom stereocenters. The Hall–Kier alpha value is -1.23. The van der Waals surface area contributed by atoms with Crippen LogP contribution in [-0.2, 0) is 17.4 Å². The largest absolute Gasteiger partial charge is 0.416 e. The van der Waals surface area contributed by atoms with Crippen molar-refractivity contribution in [1.29, 1.82) is 0 Å². The predicted molar refractivity (Wildman–Crippen MR) is 72.2 cm³/mol. The predicted octanol–water partition coefficient (Wildman–Crippen LogP) is 4.39. The highest BCUT2D eigenvalue weighted by molar-refractivity contribution is 6.17. The van der Waals surface area contributed by atoms with Crippen molar-refractivity contribution >= 4 is 17.3 Å². The SMILES string of the molecule is FC(F)(F)c1ccc2c(c1)CCC/C2=N\OCCCCl. The maximum Gasteiger partial charge on any atom is 0.416 e. The fraction of sp³-hybridized carbons (Fsp3) is 0.500. The summed E-state index contributed by atoms with van der Waals surface area (Å²) >= 11 is 5.53. The minimum Gasteiger partial charge on any atom is -0.396 e. The first-order valence-electron chi connectivity index (χ1n) is 6.47. The molecule has 2 nitrogen and oxygen atoms in total. The Morgan fingerprint density at radius 3 is 2.75 bits per heavy atom. The summed E-state index contributed by atoms with van der Waals surface area (Å²) in [6.45, 7) is 0.420. The van der Waals surface area contributed by atoms with Gasteiger partial charge in [0.05, 0.1) is 11.3 Å². The number of fused-ring (bicyclic) bond motifs is 1.